The van der Waals surface area contributed by atoms with Crippen molar-refractivity contribution in [3.8, 4) is 17.2 Å². The number of carbonyl (C=O) groups excluding carboxylic acids is 2. The standard InChI is InChI=1S/C46H52Cl2N2O12/c1-27-17-39(47)42(40(48)18-27)58-16-15-57-34-10-6-31(7-11-34)36-12-13-49(45(54)60-26-41-28(2)61-46(55)62-41)24-38(36)43(51)50(33-8-9-33)23-30-19-29(5-4-14-56-3)20-35(21-30)59-25-32-22-37(32)44(52)53/h6-7,10-11,17-21,32-33,36-38H,4-5,8-9,12-16,22-26H2,1-3H3,(H,52,53)/t32-,36-,37+,38+/m1/s1. The molecule has 7 rings (SSSR count). The van der Waals surface area contributed by atoms with Gasteiger partial charge in [-0.2, -0.15) is 0 Å². The van der Waals surface area contributed by atoms with Crippen LogP contribution in [0.5, 0.6) is 17.2 Å². The van der Waals surface area contributed by atoms with Crippen LogP contribution in [-0.4, -0.2) is 85.5 Å². The van der Waals surface area contributed by atoms with Gasteiger partial charge in [0.25, 0.3) is 0 Å². The molecule has 1 N–H and O–H groups in total. The highest BCUT2D eigenvalue weighted by Gasteiger charge is 2.44. The minimum absolute atomic E-state index is 0.0317. The molecule has 1 saturated heterocycles. The second-order valence-electron chi connectivity index (χ2n) is 16.3. The first-order valence-electron chi connectivity index (χ1n) is 21.0. The van der Waals surface area contributed by atoms with Gasteiger partial charge in [0, 0.05) is 45.3 Å². The van der Waals surface area contributed by atoms with Crippen LogP contribution in [0.1, 0.15) is 71.8 Å². The number of carboxylic acids is 1. The summed E-state index contributed by atoms with van der Waals surface area (Å²) in [6, 6.07) is 17.2. The number of rotatable bonds is 20. The van der Waals surface area contributed by atoms with Crippen molar-refractivity contribution in [3.05, 3.63) is 109 Å². The first kappa shape index (κ1) is 44.9. The Morgan fingerprint density at radius 3 is 2.26 bits per heavy atom. The molecule has 3 aromatic carbocycles. The van der Waals surface area contributed by atoms with Crippen molar-refractivity contribution in [1.82, 2.24) is 9.80 Å². The van der Waals surface area contributed by atoms with E-state index < -0.39 is 23.8 Å². The molecule has 4 atom stereocenters. The molecule has 0 bridgehead atoms. The van der Waals surface area contributed by atoms with Crippen molar-refractivity contribution in [2.75, 3.05) is 46.6 Å². The quantitative estimate of drug-likeness (QED) is 0.0846. The highest BCUT2D eigenvalue weighted by atomic mass is 35.5. The van der Waals surface area contributed by atoms with E-state index >= 15 is 4.79 Å². The van der Waals surface area contributed by atoms with E-state index in [1.165, 1.54) is 4.90 Å². The molecule has 0 unspecified atom stereocenters. The first-order valence-corrected chi connectivity index (χ1v) is 21.7. The van der Waals surface area contributed by atoms with Gasteiger partial charge in [0.1, 0.15) is 24.7 Å². The molecule has 16 heteroatoms. The zero-order chi connectivity index (χ0) is 43.9. The summed E-state index contributed by atoms with van der Waals surface area (Å²) in [5, 5.41) is 10.3. The molecule has 3 fully saturated rings. The maximum absolute atomic E-state index is 15.0. The molecular weight excluding hydrogens is 843 g/mol. The van der Waals surface area contributed by atoms with E-state index in [1.807, 2.05) is 48.2 Å². The smallest absolute Gasteiger partial charge is 0.493 e. The van der Waals surface area contributed by atoms with E-state index in [1.54, 1.807) is 26.2 Å². The monoisotopic (exact) mass is 894 g/mol. The Kier molecular flexibility index (Phi) is 14.7. The van der Waals surface area contributed by atoms with Crippen molar-refractivity contribution in [2.45, 2.75) is 77.5 Å². The minimum Gasteiger partial charge on any atom is -0.493 e. The van der Waals surface area contributed by atoms with Gasteiger partial charge in [0.15, 0.2) is 23.9 Å². The molecule has 2 heterocycles. The van der Waals surface area contributed by atoms with Crippen molar-refractivity contribution < 1.29 is 52.0 Å². The molecule has 1 aromatic heterocycles. The molecular formula is C46H52Cl2N2O12. The average molecular weight is 896 g/mol. The van der Waals surface area contributed by atoms with Crippen LogP contribution in [0.3, 0.4) is 0 Å². The highest BCUT2D eigenvalue weighted by Crippen LogP contribution is 2.41. The van der Waals surface area contributed by atoms with E-state index in [4.69, 9.17) is 55.7 Å². The lowest BCUT2D eigenvalue weighted by atomic mass is 9.79. The maximum Gasteiger partial charge on any atom is 0.519 e. The summed E-state index contributed by atoms with van der Waals surface area (Å²) < 4.78 is 38.8. The molecule has 1 aliphatic heterocycles. The van der Waals surface area contributed by atoms with Crippen LogP contribution >= 0.6 is 23.2 Å². The van der Waals surface area contributed by atoms with Gasteiger partial charge in [-0.05, 0) is 117 Å². The van der Waals surface area contributed by atoms with Gasteiger partial charge in [0.2, 0.25) is 5.91 Å². The number of methoxy groups -OCH3 is 1. The molecule has 332 valence electrons. The number of carbonyl (C=O) groups is 3. The fourth-order valence-corrected chi connectivity index (χ4v) is 8.72. The zero-order valence-electron chi connectivity index (χ0n) is 35.1. The predicted molar refractivity (Wildman–Crippen MR) is 228 cm³/mol. The summed E-state index contributed by atoms with van der Waals surface area (Å²) in [6.45, 7) is 5.29. The number of hydrogen-bond donors (Lipinski definition) is 1. The molecule has 2 aliphatic carbocycles. The molecule has 3 aliphatic rings. The number of aliphatic carboxylic acids is 1. The second kappa shape index (κ2) is 20.3. The lowest BCUT2D eigenvalue weighted by Crippen LogP contribution is -2.50. The third-order valence-corrected chi connectivity index (χ3v) is 12.1. The van der Waals surface area contributed by atoms with Crippen LogP contribution in [0.4, 0.5) is 4.79 Å². The third kappa shape index (κ3) is 11.6. The normalized spacial score (nSPS) is 19.5. The van der Waals surface area contributed by atoms with Crippen LogP contribution in [0.25, 0.3) is 0 Å². The Bertz CT molecular complexity index is 2250. The fourth-order valence-electron chi connectivity index (χ4n) is 8.02. The number of amides is 2. The minimum atomic E-state index is -0.879. The molecule has 62 heavy (non-hydrogen) atoms. The summed E-state index contributed by atoms with van der Waals surface area (Å²) in [7, 11) is 1.66. The van der Waals surface area contributed by atoms with Gasteiger partial charge in [0.05, 0.1) is 28.5 Å². The van der Waals surface area contributed by atoms with Crippen molar-refractivity contribution in [3.63, 3.8) is 0 Å². The molecule has 0 spiro atoms. The number of hydrogen-bond acceptors (Lipinski definition) is 11. The van der Waals surface area contributed by atoms with Crippen molar-refractivity contribution in [1.29, 1.82) is 0 Å². The average Bonchev–Trinajstić information content (AvgIpc) is 4.19. The number of piperidine rings is 1. The number of nitrogens with zero attached hydrogens (tertiary/aromatic N) is 2. The maximum atomic E-state index is 15.0. The van der Waals surface area contributed by atoms with Gasteiger partial charge in [-0.15, -0.1) is 0 Å². The van der Waals surface area contributed by atoms with Crippen LogP contribution in [0.2, 0.25) is 10.0 Å². The molecule has 14 nitrogen and oxygen atoms in total. The summed E-state index contributed by atoms with van der Waals surface area (Å²) in [5.74, 6) is -1.02. The van der Waals surface area contributed by atoms with E-state index in [0.717, 1.165) is 47.9 Å². The largest absolute Gasteiger partial charge is 0.519 e. The number of aryl methyl sites for hydroxylation is 3. The number of likely N-dealkylation sites (tertiary alicyclic amines) is 1. The summed E-state index contributed by atoms with van der Waals surface area (Å²) >= 11 is 12.7. The molecule has 0 radical (unpaired) electrons. The third-order valence-electron chi connectivity index (χ3n) is 11.6. The molecule has 2 amide bonds. The van der Waals surface area contributed by atoms with Gasteiger partial charge >= 0.3 is 17.9 Å². The van der Waals surface area contributed by atoms with Gasteiger partial charge < -0.3 is 47.4 Å². The Hall–Kier alpha value is -5.18. The van der Waals surface area contributed by atoms with Gasteiger partial charge in [-0.3, -0.25) is 9.59 Å². The molecule has 4 aromatic rings. The summed E-state index contributed by atoms with van der Waals surface area (Å²) in [5.41, 5.74) is 3.80. The van der Waals surface area contributed by atoms with E-state index in [-0.39, 0.29) is 67.6 Å². The number of halogens is 2. The summed E-state index contributed by atoms with van der Waals surface area (Å²) in [6.07, 6.45) is 3.70. The van der Waals surface area contributed by atoms with Gasteiger partial charge in [-0.1, -0.05) is 41.4 Å². The fraction of sp³-hybridized carbons (Fsp3) is 0.478. The number of ether oxygens (including phenoxy) is 5. The van der Waals surface area contributed by atoms with Crippen molar-refractivity contribution in [2.24, 2.45) is 17.8 Å². The number of benzene rings is 3. The van der Waals surface area contributed by atoms with E-state index in [2.05, 4.69) is 6.07 Å². The van der Waals surface area contributed by atoms with Crippen molar-refractivity contribution >= 4 is 41.2 Å². The Labute approximate surface area is 369 Å². The Balaban J connectivity index is 1.08. The molecule has 2 saturated carbocycles. The lowest BCUT2D eigenvalue weighted by Gasteiger charge is -2.40. The van der Waals surface area contributed by atoms with Gasteiger partial charge in [-0.25, -0.2) is 9.59 Å². The predicted octanol–water partition coefficient (Wildman–Crippen LogP) is 8.23. The van der Waals surface area contributed by atoms with Crippen LogP contribution < -0.4 is 20.0 Å². The SMILES string of the molecule is COCCCc1cc(CN(C(=O)[C@H]2CN(C(=O)OCc3oc(=O)oc3C)CC[C@@H]2c2ccc(OCCOc3c(Cl)cc(C)cc3Cl)cc2)C2CC2)cc(OC[C@H]2C[C@@H]2C(=O)O)c1. The van der Waals surface area contributed by atoms with Crippen LogP contribution in [0.15, 0.2) is 68.2 Å². The van der Waals surface area contributed by atoms with Crippen LogP contribution in [0, 0.1) is 31.6 Å². The summed E-state index contributed by atoms with van der Waals surface area (Å²) in [4.78, 5) is 55.0. The zero-order valence-corrected chi connectivity index (χ0v) is 36.6. The highest BCUT2D eigenvalue weighted by molar-refractivity contribution is 6.37. The first-order chi connectivity index (χ1) is 29.9. The second-order valence-corrected chi connectivity index (χ2v) is 17.1. The number of carboxylic acid groups (broad SMARTS) is 1. The van der Waals surface area contributed by atoms with E-state index in [0.29, 0.717) is 66.4 Å². The lowest BCUT2D eigenvalue weighted by molar-refractivity contribution is -0.140. The van der Waals surface area contributed by atoms with Crippen LogP contribution in [-0.2, 0) is 38.6 Å². The Morgan fingerprint density at radius 1 is 0.871 bits per heavy atom. The topological polar surface area (TPSA) is 167 Å². The Morgan fingerprint density at radius 2 is 1.60 bits per heavy atom. The van der Waals surface area contributed by atoms with E-state index in [9.17, 15) is 19.5 Å².